The number of carbonyl (C=O) groups excluding carboxylic acids is 1. The van der Waals surface area contributed by atoms with Gasteiger partial charge in [-0.25, -0.2) is 9.59 Å². The van der Waals surface area contributed by atoms with E-state index in [1.165, 1.54) is 5.32 Å². The number of aliphatic carboxylic acids is 1. The Kier molecular flexibility index (Phi) is 4.26. The van der Waals surface area contributed by atoms with Gasteiger partial charge in [0.05, 0.1) is 0 Å². The third-order valence-electron chi connectivity index (χ3n) is 3.92. The summed E-state index contributed by atoms with van der Waals surface area (Å²) < 4.78 is 38.3. The van der Waals surface area contributed by atoms with Gasteiger partial charge in [0.25, 0.3) is 0 Å². The first kappa shape index (κ1) is 16.6. The molecule has 116 valence electrons. The molecule has 0 aromatic carbocycles. The lowest BCUT2D eigenvalue weighted by Gasteiger charge is -2.32. The summed E-state index contributed by atoms with van der Waals surface area (Å²) in [6, 6.07) is -1.39. The van der Waals surface area contributed by atoms with Crippen LogP contribution in [-0.2, 0) is 4.79 Å². The number of carboxylic acids is 1. The normalized spacial score (nSPS) is 24.8. The third kappa shape index (κ3) is 3.16. The highest BCUT2D eigenvalue weighted by Crippen LogP contribution is 2.37. The van der Waals surface area contributed by atoms with E-state index >= 15 is 0 Å². The van der Waals surface area contributed by atoms with Crippen molar-refractivity contribution >= 4 is 12.0 Å². The fourth-order valence-corrected chi connectivity index (χ4v) is 2.26. The number of urea groups is 1. The van der Waals surface area contributed by atoms with E-state index in [2.05, 4.69) is 5.32 Å². The Labute approximate surface area is 114 Å². The largest absolute Gasteiger partial charge is 0.479 e. The molecule has 1 saturated carbocycles. The number of halogens is 3. The van der Waals surface area contributed by atoms with Crippen LogP contribution in [-0.4, -0.2) is 34.9 Å². The molecule has 8 heteroatoms. The highest BCUT2D eigenvalue weighted by molar-refractivity contribution is 5.86. The smallest absolute Gasteiger partial charge is 0.422 e. The lowest BCUT2D eigenvalue weighted by molar-refractivity contribution is -0.203. The number of nitrogens with one attached hydrogen (secondary N) is 2. The quantitative estimate of drug-likeness (QED) is 0.747. The van der Waals surface area contributed by atoms with Gasteiger partial charge in [0, 0.05) is 6.04 Å². The average molecular weight is 296 g/mol. The van der Waals surface area contributed by atoms with E-state index in [-0.39, 0.29) is 11.5 Å². The Bertz CT molecular complexity index is 409. The van der Waals surface area contributed by atoms with E-state index in [0.717, 1.165) is 12.8 Å². The van der Waals surface area contributed by atoms with Crippen LogP contribution in [0.15, 0.2) is 0 Å². The van der Waals surface area contributed by atoms with Crippen molar-refractivity contribution in [1.29, 1.82) is 0 Å². The molecule has 2 unspecified atom stereocenters. The van der Waals surface area contributed by atoms with Crippen LogP contribution in [0, 0.1) is 5.41 Å². The summed E-state index contributed by atoms with van der Waals surface area (Å²) in [7, 11) is 0. The first-order valence-electron chi connectivity index (χ1n) is 6.29. The van der Waals surface area contributed by atoms with Crippen molar-refractivity contribution in [3.63, 3.8) is 0 Å². The Hall–Kier alpha value is -1.47. The molecule has 0 aromatic rings. The molecular formula is C12H19F3N2O3. The molecule has 20 heavy (non-hydrogen) atoms. The molecule has 1 aliphatic rings. The summed E-state index contributed by atoms with van der Waals surface area (Å²) in [5.41, 5.74) is -3.52. The topological polar surface area (TPSA) is 78.4 Å². The zero-order valence-electron chi connectivity index (χ0n) is 11.6. The number of rotatable bonds is 3. The van der Waals surface area contributed by atoms with Gasteiger partial charge in [-0.15, -0.1) is 0 Å². The third-order valence-corrected chi connectivity index (χ3v) is 3.92. The van der Waals surface area contributed by atoms with Crippen LogP contribution in [0.1, 0.15) is 40.0 Å². The Morgan fingerprint density at radius 2 is 1.85 bits per heavy atom. The van der Waals surface area contributed by atoms with Crippen molar-refractivity contribution in [2.24, 2.45) is 5.41 Å². The number of carbonyl (C=O) groups is 2. The molecule has 1 rings (SSSR count). The van der Waals surface area contributed by atoms with Gasteiger partial charge >= 0.3 is 18.2 Å². The second-order valence-corrected chi connectivity index (χ2v) is 5.96. The minimum Gasteiger partial charge on any atom is -0.479 e. The Morgan fingerprint density at radius 3 is 2.20 bits per heavy atom. The number of amides is 2. The molecule has 2 atom stereocenters. The molecule has 0 radical (unpaired) electrons. The molecule has 0 bridgehead atoms. The van der Waals surface area contributed by atoms with Crippen LogP contribution in [0.4, 0.5) is 18.0 Å². The minimum absolute atomic E-state index is 0.213. The maximum absolute atomic E-state index is 12.8. The Balaban J connectivity index is 2.76. The first-order chi connectivity index (χ1) is 8.90. The molecule has 0 aliphatic heterocycles. The SMILES string of the molecule is CC1(C)CCCC1NC(=O)NC(C)(C(=O)O)C(F)(F)F. The molecular weight excluding hydrogens is 277 g/mol. The highest BCUT2D eigenvalue weighted by Gasteiger charge is 2.58. The summed E-state index contributed by atoms with van der Waals surface area (Å²) in [4.78, 5) is 22.5. The summed E-state index contributed by atoms with van der Waals surface area (Å²) in [6.45, 7) is 4.24. The van der Waals surface area contributed by atoms with Gasteiger partial charge in [0.15, 0.2) is 0 Å². The van der Waals surface area contributed by atoms with Crippen molar-refractivity contribution in [1.82, 2.24) is 10.6 Å². The van der Waals surface area contributed by atoms with Crippen LogP contribution in [0.5, 0.6) is 0 Å². The molecule has 0 aromatic heterocycles. The van der Waals surface area contributed by atoms with Crippen molar-refractivity contribution in [2.45, 2.75) is 57.8 Å². The molecule has 0 saturated heterocycles. The van der Waals surface area contributed by atoms with Gasteiger partial charge < -0.3 is 15.7 Å². The van der Waals surface area contributed by atoms with Gasteiger partial charge in [0.1, 0.15) is 0 Å². The standard InChI is InChI=1S/C12H19F3N2O3/c1-10(2)6-4-5-7(10)16-9(20)17-11(3,8(18)19)12(13,14)15/h7H,4-6H2,1-3H3,(H,18,19)(H2,16,17,20). The summed E-state index contributed by atoms with van der Waals surface area (Å²) in [5, 5.41) is 12.7. The second kappa shape index (κ2) is 5.14. The monoisotopic (exact) mass is 296 g/mol. The molecule has 0 heterocycles. The van der Waals surface area contributed by atoms with E-state index in [9.17, 15) is 22.8 Å². The van der Waals surface area contributed by atoms with E-state index in [0.29, 0.717) is 13.3 Å². The van der Waals surface area contributed by atoms with E-state index in [1.54, 1.807) is 0 Å². The zero-order valence-corrected chi connectivity index (χ0v) is 11.6. The van der Waals surface area contributed by atoms with E-state index in [4.69, 9.17) is 5.11 Å². The van der Waals surface area contributed by atoms with Gasteiger partial charge in [-0.05, 0) is 25.2 Å². The highest BCUT2D eigenvalue weighted by atomic mass is 19.4. The molecule has 2 amide bonds. The van der Waals surface area contributed by atoms with Gasteiger partial charge in [-0.1, -0.05) is 20.3 Å². The van der Waals surface area contributed by atoms with Crippen LogP contribution in [0.2, 0.25) is 0 Å². The molecule has 3 N–H and O–H groups in total. The van der Waals surface area contributed by atoms with Crippen molar-refractivity contribution in [3.8, 4) is 0 Å². The molecule has 1 fully saturated rings. The molecule has 0 spiro atoms. The van der Waals surface area contributed by atoms with Crippen molar-refractivity contribution < 1.29 is 27.9 Å². The van der Waals surface area contributed by atoms with Crippen LogP contribution in [0.25, 0.3) is 0 Å². The summed E-state index contributed by atoms with van der Waals surface area (Å²) in [6.07, 6.45) is -2.70. The van der Waals surface area contributed by atoms with Crippen LogP contribution >= 0.6 is 0 Å². The van der Waals surface area contributed by atoms with E-state index < -0.39 is 23.7 Å². The molecule has 5 nitrogen and oxygen atoms in total. The fourth-order valence-electron chi connectivity index (χ4n) is 2.26. The molecule has 1 aliphatic carbocycles. The van der Waals surface area contributed by atoms with Crippen LogP contribution in [0.3, 0.4) is 0 Å². The van der Waals surface area contributed by atoms with Gasteiger partial charge in [-0.3, -0.25) is 0 Å². The Morgan fingerprint density at radius 1 is 1.30 bits per heavy atom. The minimum atomic E-state index is -5.08. The van der Waals surface area contributed by atoms with Gasteiger partial charge in [0.2, 0.25) is 5.54 Å². The van der Waals surface area contributed by atoms with E-state index in [1.807, 2.05) is 13.8 Å². The predicted octanol–water partition coefficient (Wildman–Crippen LogP) is 2.27. The lowest BCUT2D eigenvalue weighted by Crippen LogP contribution is -2.64. The number of alkyl halides is 3. The van der Waals surface area contributed by atoms with Crippen molar-refractivity contribution in [3.05, 3.63) is 0 Å². The second-order valence-electron chi connectivity index (χ2n) is 5.96. The lowest BCUT2D eigenvalue weighted by atomic mass is 9.87. The number of hydrogen-bond acceptors (Lipinski definition) is 2. The maximum atomic E-state index is 12.8. The number of hydrogen-bond donors (Lipinski definition) is 3. The summed E-state index contributed by atoms with van der Waals surface area (Å²) in [5.74, 6) is -2.15. The fraction of sp³-hybridized carbons (Fsp3) is 0.833. The first-order valence-corrected chi connectivity index (χ1v) is 6.29. The predicted molar refractivity (Wildman–Crippen MR) is 65.2 cm³/mol. The number of carboxylic acid groups (broad SMARTS) is 1. The zero-order chi connectivity index (χ0) is 15.8. The van der Waals surface area contributed by atoms with Crippen LogP contribution < -0.4 is 10.6 Å². The van der Waals surface area contributed by atoms with Crippen molar-refractivity contribution in [2.75, 3.05) is 0 Å². The van der Waals surface area contributed by atoms with Gasteiger partial charge in [-0.2, -0.15) is 13.2 Å². The summed E-state index contributed by atoms with van der Waals surface area (Å²) >= 11 is 0. The average Bonchev–Trinajstić information content (AvgIpc) is 2.56. The maximum Gasteiger partial charge on any atom is 0.422 e.